The maximum Gasteiger partial charge on any atom is 0.333 e. The third kappa shape index (κ3) is 22.1. The molecule has 0 aliphatic rings. The number of methoxy groups -OCH3 is 1. The van der Waals surface area contributed by atoms with Crippen LogP contribution >= 0.6 is 0 Å². The van der Waals surface area contributed by atoms with Crippen LogP contribution in [0.3, 0.4) is 0 Å². The summed E-state index contributed by atoms with van der Waals surface area (Å²) in [4.78, 5) is 30.6. The largest absolute Gasteiger partial charge is 0.478 e. The molecule has 1 N–H and O–H groups in total. The number of esters is 2. The van der Waals surface area contributed by atoms with Gasteiger partial charge in [0, 0.05) is 16.7 Å². The average Bonchev–Trinajstić information content (AvgIpc) is 2.36. The van der Waals surface area contributed by atoms with Gasteiger partial charge >= 0.3 is 17.9 Å². The number of carboxylic acid groups (broad SMARTS) is 1. The molecule has 0 atom stereocenters. The van der Waals surface area contributed by atoms with E-state index in [1.807, 2.05) is 20.8 Å². The molecular weight excluding hydrogens is 300 g/mol. The lowest BCUT2D eigenvalue weighted by molar-refractivity contribution is -0.149. The SMILES string of the molecule is C=C(C)C(=O)O.C=C(C)C(=O)OC.C=C(C)C(=O)OC(C)(C)C. The van der Waals surface area contributed by atoms with Crippen LogP contribution in [0.1, 0.15) is 41.5 Å². The van der Waals surface area contributed by atoms with E-state index in [2.05, 4.69) is 24.5 Å². The van der Waals surface area contributed by atoms with Crippen molar-refractivity contribution in [3.8, 4) is 0 Å². The van der Waals surface area contributed by atoms with Crippen LogP contribution in [0.5, 0.6) is 0 Å². The maximum absolute atomic E-state index is 10.8. The molecule has 0 aromatic carbocycles. The maximum atomic E-state index is 10.8. The van der Waals surface area contributed by atoms with E-state index in [9.17, 15) is 14.4 Å². The van der Waals surface area contributed by atoms with Crippen LogP contribution in [-0.2, 0) is 23.9 Å². The molecule has 0 unspecified atom stereocenters. The van der Waals surface area contributed by atoms with Crippen LogP contribution in [0.15, 0.2) is 36.5 Å². The molecule has 0 aliphatic heterocycles. The van der Waals surface area contributed by atoms with Crippen molar-refractivity contribution in [3.05, 3.63) is 36.5 Å². The molecule has 0 radical (unpaired) electrons. The lowest BCUT2D eigenvalue weighted by atomic mass is 10.2. The zero-order valence-corrected chi connectivity index (χ0v) is 15.1. The summed E-state index contributed by atoms with van der Waals surface area (Å²) in [5, 5.41) is 7.89. The molecule has 0 saturated heterocycles. The van der Waals surface area contributed by atoms with E-state index < -0.39 is 11.6 Å². The standard InChI is InChI=1S/C8H14O2.C5H8O2.C4H6O2/c1-6(2)7(9)10-8(3,4)5;1-4(2)5(6)7-3;1-3(2)4(5)6/h1H2,2-5H3;1H2,2-3H3;1H2,2H3,(H,5,6). The minimum atomic E-state index is -0.935. The monoisotopic (exact) mass is 328 g/mol. The Labute approximate surface area is 138 Å². The Morgan fingerprint density at radius 1 is 0.826 bits per heavy atom. The van der Waals surface area contributed by atoms with Gasteiger partial charge in [-0.3, -0.25) is 0 Å². The minimum absolute atomic E-state index is 0.176. The third-order valence-corrected chi connectivity index (χ3v) is 1.65. The van der Waals surface area contributed by atoms with Crippen molar-refractivity contribution in [2.24, 2.45) is 0 Å². The molecule has 0 aromatic heterocycles. The summed E-state index contributed by atoms with van der Waals surface area (Å²) in [5.41, 5.74) is 0.642. The van der Waals surface area contributed by atoms with Crippen molar-refractivity contribution in [1.29, 1.82) is 0 Å². The summed E-state index contributed by atoms with van der Waals surface area (Å²) in [6, 6.07) is 0. The Morgan fingerprint density at radius 3 is 1.17 bits per heavy atom. The molecule has 6 nitrogen and oxygen atoms in total. The number of ether oxygens (including phenoxy) is 2. The van der Waals surface area contributed by atoms with Crippen molar-refractivity contribution in [2.45, 2.75) is 47.1 Å². The van der Waals surface area contributed by atoms with Gasteiger partial charge in [-0.05, 0) is 41.5 Å². The second-order valence-corrected chi connectivity index (χ2v) is 5.64. The second-order valence-electron chi connectivity index (χ2n) is 5.64. The molecule has 0 bridgehead atoms. The summed E-state index contributed by atoms with van der Waals surface area (Å²) in [5.74, 6) is -1.61. The van der Waals surface area contributed by atoms with E-state index in [0.29, 0.717) is 11.1 Å². The number of carbonyl (C=O) groups excluding carboxylic acids is 2. The van der Waals surface area contributed by atoms with Gasteiger partial charge in [0.2, 0.25) is 0 Å². The molecule has 0 aromatic rings. The molecule has 0 spiro atoms. The Bertz CT molecular complexity index is 454. The van der Waals surface area contributed by atoms with Gasteiger partial charge in [-0.25, -0.2) is 14.4 Å². The number of hydrogen-bond acceptors (Lipinski definition) is 5. The first-order chi connectivity index (χ1) is 10.2. The first-order valence-corrected chi connectivity index (χ1v) is 6.67. The van der Waals surface area contributed by atoms with Crippen LogP contribution in [-0.4, -0.2) is 35.7 Å². The van der Waals surface area contributed by atoms with Crippen LogP contribution in [0.25, 0.3) is 0 Å². The molecular formula is C17H28O6. The van der Waals surface area contributed by atoms with Gasteiger partial charge < -0.3 is 14.6 Å². The molecule has 0 amide bonds. The van der Waals surface area contributed by atoms with E-state index in [1.54, 1.807) is 13.8 Å². The van der Waals surface area contributed by atoms with Crippen LogP contribution < -0.4 is 0 Å². The van der Waals surface area contributed by atoms with Gasteiger partial charge in [-0.1, -0.05) is 19.7 Å². The summed E-state index contributed by atoms with van der Waals surface area (Å²) in [6.07, 6.45) is 0. The molecule has 0 rings (SSSR count). The normalized spacial score (nSPS) is 9.00. The molecule has 6 heteroatoms. The Hall–Kier alpha value is -2.37. The summed E-state index contributed by atoms with van der Waals surface area (Å²) < 4.78 is 9.23. The molecule has 0 saturated carbocycles. The highest BCUT2D eigenvalue weighted by atomic mass is 16.6. The predicted octanol–water partition coefficient (Wildman–Crippen LogP) is 3.29. The van der Waals surface area contributed by atoms with E-state index in [1.165, 1.54) is 14.0 Å². The lowest BCUT2D eigenvalue weighted by Crippen LogP contribution is -2.23. The fraction of sp³-hybridized carbons (Fsp3) is 0.471. The highest BCUT2D eigenvalue weighted by molar-refractivity contribution is 5.87. The van der Waals surface area contributed by atoms with Gasteiger partial charge in [0.1, 0.15) is 5.60 Å². The Kier molecular flexibility index (Phi) is 13.6. The van der Waals surface area contributed by atoms with Gasteiger partial charge in [0.15, 0.2) is 0 Å². The average molecular weight is 328 g/mol. The van der Waals surface area contributed by atoms with Crippen LogP contribution in [0.4, 0.5) is 0 Å². The summed E-state index contributed by atoms with van der Waals surface area (Å²) in [7, 11) is 1.33. The van der Waals surface area contributed by atoms with E-state index in [-0.39, 0.29) is 17.5 Å². The highest BCUT2D eigenvalue weighted by Gasteiger charge is 2.15. The number of carbonyl (C=O) groups is 3. The second kappa shape index (κ2) is 12.2. The molecule has 0 aliphatic carbocycles. The van der Waals surface area contributed by atoms with E-state index in [0.717, 1.165) is 0 Å². The molecule has 0 heterocycles. The number of rotatable bonds is 3. The number of aliphatic carboxylic acids is 1. The summed E-state index contributed by atoms with van der Waals surface area (Å²) >= 11 is 0. The first-order valence-electron chi connectivity index (χ1n) is 6.67. The smallest absolute Gasteiger partial charge is 0.333 e. The summed E-state index contributed by atoms with van der Waals surface area (Å²) in [6.45, 7) is 20.1. The lowest BCUT2D eigenvalue weighted by Gasteiger charge is -2.19. The van der Waals surface area contributed by atoms with Crippen molar-refractivity contribution >= 4 is 17.9 Å². The van der Waals surface area contributed by atoms with Gasteiger partial charge in [0.05, 0.1) is 7.11 Å². The fourth-order valence-corrected chi connectivity index (χ4v) is 0.539. The topological polar surface area (TPSA) is 89.9 Å². The number of carboxylic acids is 1. The highest BCUT2D eigenvalue weighted by Crippen LogP contribution is 2.09. The first kappa shape index (κ1) is 25.6. The quantitative estimate of drug-likeness (QED) is 0.631. The molecule has 0 fully saturated rings. The van der Waals surface area contributed by atoms with E-state index in [4.69, 9.17) is 9.84 Å². The third-order valence-electron chi connectivity index (χ3n) is 1.65. The van der Waals surface area contributed by atoms with Gasteiger partial charge in [0.25, 0.3) is 0 Å². The van der Waals surface area contributed by atoms with Crippen LogP contribution in [0, 0.1) is 0 Å². The van der Waals surface area contributed by atoms with Crippen molar-refractivity contribution in [2.75, 3.05) is 7.11 Å². The predicted molar refractivity (Wildman–Crippen MR) is 89.9 cm³/mol. The molecule has 132 valence electrons. The van der Waals surface area contributed by atoms with E-state index >= 15 is 0 Å². The fourth-order valence-electron chi connectivity index (χ4n) is 0.539. The van der Waals surface area contributed by atoms with Crippen molar-refractivity contribution in [1.82, 2.24) is 0 Å². The van der Waals surface area contributed by atoms with Crippen LogP contribution in [0.2, 0.25) is 0 Å². The Balaban J connectivity index is -0.000000272. The molecule has 23 heavy (non-hydrogen) atoms. The van der Waals surface area contributed by atoms with Gasteiger partial charge in [-0.2, -0.15) is 0 Å². The zero-order chi connectivity index (χ0) is 19.4. The van der Waals surface area contributed by atoms with Crippen molar-refractivity contribution < 1.29 is 29.0 Å². The zero-order valence-electron chi connectivity index (χ0n) is 15.1. The Morgan fingerprint density at radius 2 is 1.13 bits per heavy atom. The minimum Gasteiger partial charge on any atom is -0.478 e. The van der Waals surface area contributed by atoms with Crippen molar-refractivity contribution in [3.63, 3.8) is 0 Å². The number of hydrogen-bond donors (Lipinski definition) is 1. The van der Waals surface area contributed by atoms with Gasteiger partial charge in [-0.15, -0.1) is 0 Å².